The molecule has 4 nitrogen and oxygen atoms in total. The van der Waals surface area contributed by atoms with Crippen LogP contribution >= 0.6 is 0 Å². The molecule has 18 heavy (non-hydrogen) atoms. The van der Waals surface area contributed by atoms with Gasteiger partial charge in [-0.1, -0.05) is 26.8 Å². The van der Waals surface area contributed by atoms with Crippen LogP contribution in [0.3, 0.4) is 0 Å². The molecule has 0 spiro atoms. The van der Waals surface area contributed by atoms with E-state index in [1.165, 1.54) is 0 Å². The third kappa shape index (κ3) is 3.00. The highest BCUT2D eigenvalue weighted by Crippen LogP contribution is 2.19. The van der Waals surface area contributed by atoms with Gasteiger partial charge < -0.3 is 10.2 Å². The van der Waals surface area contributed by atoms with E-state index in [9.17, 15) is 4.79 Å². The van der Waals surface area contributed by atoms with Gasteiger partial charge in [-0.3, -0.25) is 4.79 Å². The van der Waals surface area contributed by atoms with Crippen LogP contribution in [0.15, 0.2) is 24.4 Å². The molecule has 1 saturated heterocycles. The van der Waals surface area contributed by atoms with Gasteiger partial charge in [-0.15, -0.1) is 0 Å². The molecule has 2 rings (SSSR count). The van der Waals surface area contributed by atoms with Crippen molar-refractivity contribution >= 4 is 11.7 Å². The lowest BCUT2D eigenvalue weighted by Gasteiger charge is -2.22. The van der Waals surface area contributed by atoms with Crippen LogP contribution in [0, 0.1) is 5.41 Å². The Kier molecular flexibility index (Phi) is 3.55. The number of carbonyl (C=O) groups is 1. The van der Waals surface area contributed by atoms with Gasteiger partial charge in [0.2, 0.25) is 5.91 Å². The molecule has 0 unspecified atom stereocenters. The van der Waals surface area contributed by atoms with Gasteiger partial charge >= 0.3 is 0 Å². The van der Waals surface area contributed by atoms with Crippen LogP contribution in [-0.2, 0) is 4.79 Å². The molecule has 1 amide bonds. The maximum atomic E-state index is 11.9. The van der Waals surface area contributed by atoms with Crippen molar-refractivity contribution in [3.63, 3.8) is 0 Å². The number of hydrogen-bond donors (Lipinski definition) is 1. The van der Waals surface area contributed by atoms with Crippen molar-refractivity contribution in [3.05, 3.63) is 24.4 Å². The van der Waals surface area contributed by atoms with Crippen molar-refractivity contribution in [1.29, 1.82) is 0 Å². The zero-order chi connectivity index (χ0) is 13.2. The van der Waals surface area contributed by atoms with E-state index in [4.69, 9.17) is 0 Å². The summed E-state index contributed by atoms with van der Waals surface area (Å²) in [6.45, 7) is 7.61. The fourth-order valence-corrected chi connectivity index (χ4v) is 2.03. The Morgan fingerprint density at radius 1 is 1.44 bits per heavy atom. The molecule has 1 fully saturated rings. The molecule has 1 aliphatic rings. The molecule has 1 atom stereocenters. The van der Waals surface area contributed by atoms with Gasteiger partial charge in [-0.25, -0.2) is 4.98 Å². The topological polar surface area (TPSA) is 45.2 Å². The van der Waals surface area contributed by atoms with Crippen molar-refractivity contribution in [2.75, 3.05) is 18.0 Å². The van der Waals surface area contributed by atoms with Gasteiger partial charge in [0, 0.05) is 30.7 Å². The summed E-state index contributed by atoms with van der Waals surface area (Å²) in [5.41, 5.74) is -0.321. The van der Waals surface area contributed by atoms with E-state index in [2.05, 4.69) is 15.2 Å². The summed E-state index contributed by atoms with van der Waals surface area (Å²) in [7, 11) is 0. The van der Waals surface area contributed by atoms with Crippen molar-refractivity contribution in [3.8, 4) is 0 Å². The highest BCUT2D eigenvalue weighted by molar-refractivity contribution is 5.81. The number of aromatic nitrogens is 1. The molecule has 0 saturated carbocycles. The van der Waals surface area contributed by atoms with Crippen molar-refractivity contribution in [2.45, 2.75) is 33.2 Å². The zero-order valence-electron chi connectivity index (χ0n) is 11.3. The Morgan fingerprint density at radius 3 is 2.83 bits per heavy atom. The van der Waals surface area contributed by atoms with E-state index in [1.807, 2.05) is 39.0 Å². The predicted octanol–water partition coefficient (Wildman–Crippen LogP) is 1.82. The molecule has 4 heteroatoms. The summed E-state index contributed by atoms with van der Waals surface area (Å²) in [6.07, 6.45) is 2.79. The molecule has 0 aliphatic carbocycles. The maximum Gasteiger partial charge on any atom is 0.225 e. The van der Waals surface area contributed by atoms with Gasteiger partial charge in [0.15, 0.2) is 0 Å². The minimum Gasteiger partial charge on any atom is -0.354 e. The molecule has 0 radical (unpaired) electrons. The summed E-state index contributed by atoms with van der Waals surface area (Å²) in [5.74, 6) is 1.11. The third-order valence-corrected chi connectivity index (χ3v) is 3.18. The zero-order valence-corrected chi connectivity index (χ0v) is 11.3. The first-order valence-corrected chi connectivity index (χ1v) is 6.44. The normalized spacial score (nSPS) is 19.9. The Labute approximate surface area is 108 Å². The predicted molar refractivity (Wildman–Crippen MR) is 72.5 cm³/mol. The minimum absolute atomic E-state index is 0.121. The Balaban J connectivity index is 1.92. The number of anilines is 1. The molecular weight excluding hydrogens is 226 g/mol. The van der Waals surface area contributed by atoms with Crippen molar-refractivity contribution < 1.29 is 4.79 Å². The van der Waals surface area contributed by atoms with Gasteiger partial charge in [0.1, 0.15) is 5.82 Å². The van der Waals surface area contributed by atoms with Gasteiger partial charge in [0.05, 0.1) is 0 Å². The van der Waals surface area contributed by atoms with Gasteiger partial charge in [-0.05, 0) is 18.6 Å². The summed E-state index contributed by atoms with van der Waals surface area (Å²) in [5, 5.41) is 3.11. The molecule has 0 bridgehead atoms. The van der Waals surface area contributed by atoms with E-state index in [1.54, 1.807) is 6.20 Å². The fourth-order valence-electron chi connectivity index (χ4n) is 2.03. The Bertz CT molecular complexity index is 411. The van der Waals surface area contributed by atoms with E-state index < -0.39 is 0 Å². The summed E-state index contributed by atoms with van der Waals surface area (Å²) >= 11 is 0. The van der Waals surface area contributed by atoms with Crippen LogP contribution in [0.4, 0.5) is 5.82 Å². The van der Waals surface area contributed by atoms with Crippen LogP contribution < -0.4 is 10.2 Å². The number of hydrogen-bond acceptors (Lipinski definition) is 3. The molecule has 0 aromatic carbocycles. The van der Waals surface area contributed by atoms with E-state index in [0.717, 1.165) is 25.3 Å². The second-order valence-electron chi connectivity index (χ2n) is 5.84. The van der Waals surface area contributed by atoms with Gasteiger partial charge in [-0.2, -0.15) is 0 Å². The highest BCUT2D eigenvalue weighted by Gasteiger charge is 2.28. The number of carbonyl (C=O) groups excluding carboxylic acids is 1. The van der Waals surface area contributed by atoms with E-state index >= 15 is 0 Å². The largest absolute Gasteiger partial charge is 0.354 e. The lowest BCUT2D eigenvalue weighted by Crippen LogP contribution is -2.43. The second-order valence-corrected chi connectivity index (χ2v) is 5.84. The standard InChI is InChI=1S/C14H21N3O/c1-14(2,3)13(18)16-11-7-9-17(10-11)12-6-4-5-8-15-12/h4-6,8,11H,7,9-10H2,1-3H3,(H,16,18)/t11-/m0/s1. The lowest BCUT2D eigenvalue weighted by molar-refractivity contribution is -0.129. The number of nitrogens with zero attached hydrogens (tertiary/aromatic N) is 2. The molecule has 1 aromatic heterocycles. The summed E-state index contributed by atoms with van der Waals surface area (Å²) in [4.78, 5) is 18.5. The number of pyridine rings is 1. The average Bonchev–Trinajstić information content (AvgIpc) is 2.77. The van der Waals surface area contributed by atoms with E-state index in [0.29, 0.717) is 0 Å². The van der Waals surface area contributed by atoms with Crippen LogP contribution in [-0.4, -0.2) is 30.0 Å². The van der Waals surface area contributed by atoms with Gasteiger partial charge in [0.25, 0.3) is 0 Å². The summed E-state index contributed by atoms with van der Waals surface area (Å²) in [6, 6.07) is 6.15. The molecular formula is C14H21N3O. The fraction of sp³-hybridized carbons (Fsp3) is 0.571. The molecule has 98 valence electrons. The monoisotopic (exact) mass is 247 g/mol. The minimum atomic E-state index is -0.321. The molecule has 1 aliphatic heterocycles. The Morgan fingerprint density at radius 2 is 2.22 bits per heavy atom. The number of rotatable bonds is 2. The van der Waals surface area contributed by atoms with E-state index in [-0.39, 0.29) is 17.4 Å². The van der Waals surface area contributed by atoms with Crippen LogP contribution in [0.5, 0.6) is 0 Å². The molecule has 1 N–H and O–H groups in total. The quantitative estimate of drug-likeness (QED) is 0.867. The molecule has 2 heterocycles. The lowest BCUT2D eigenvalue weighted by atomic mass is 9.95. The highest BCUT2D eigenvalue weighted by atomic mass is 16.2. The average molecular weight is 247 g/mol. The summed E-state index contributed by atoms with van der Waals surface area (Å²) < 4.78 is 0. The first-order chi connectivity index (χ1) is 8.47. The third-order valence-electron chi connectivity index (χ3n) is 3.18. The second kappa shape index (κ2) is 4.96. The van der Waals surface area contributed by atoms with Crippen molar-refractivity contribution in [1.82, 2.24) is 10.3 Å². The van der Waals surface area contributed by atoms with Crippen molar-refractivity contribution in [2.24, 2.45) is 5.41 Å². The SMILES string of the molecule is CC(C)(C)C(=O)N[C@H]1CCN(c2ccccn2)C1. The molecule has 1 aromatic rings. The van der Waals surface area contributed by atoms with Crippen LogP contribution in [0.2, 0.25) is 0 Å². The van der Waals surface area contributed by atoms with Crippen LogP contribution in [0.25, 0.3) is 0 Å². The first kappa shape index (κ1) is 12.9. The van der Waals surface area contributed by atoms with Crippen LogP contribution in [0.1, 0.15) is 27.2 Å². The first-order valence-electron chi connectivity index (χ1n) is 6.44. The smallest absolute Gasteiger partial charge is 0.225 e. The maximum absolute atomic E-state index is 11.9. The Hall–Kier alpha value is -1.58. The number of amides is 1. The number of nitrogens with one attached hydrogen (secondary N) is 1.